The number of nitrogens with one attached hydrogen (secondary N) is 3. The minimum atomic E-state index is 0. The minimum absolute atomic E-state index is 0. The van der Waals surface area contributed by atoms with Gasteiger partial charge in [0.25, 0.3) is 0 Å². The number of hydrogen-bond acceptors (Lipinski definition) is 3. The highest BCUT2D eigenvalue weighted by Gasteiger charge is 2.28. The smallest absolute Gasteiger partial charge is 0.227 e. The maximum atomic E-state index is 12.6. The van der Waals surface area contributed by atoms with Crippen molar-refractivity contribution in [1.82, 2.24) is 16.0 Å². The number of para-hydroxylation sites is 1. The molecule has 7 nitrogen and oxygen atoms in total. The lowest BCUT2D eigenvalue weighted by molar-refractivity contribution is -0.126. The number of benzene rings is 1. The van der Waals surface area contributed by atoms with E-state index in [2.05, 4.69) is 27.0 Å². The summed E-state index contributed by atoms with van der Waals surface area (Å²) in [6.07, 6.45) is 6.06. The molecule has 2 unspecified atom stereocenters. The molecule has 1 aliphatic carbocycles. The minimum Gasteiger partial charge on any atom is -0.356 e. The third kappa shape index (κ3) is 7.35. The fourth-order valence-electron chi connectivity index (χ4n) is 4.53. The second-order valence-corrected chi connectivity index (χ2v) is 8.89. The summed E-state index contributed by atoms with van der Waals surface area (Å²) in [5.74, 6) is 1.15. The van der Waals surface area contributed by atoms with Crippen molar-refractivity contribution in [3.05, 3.63) is 29.8 Å². The number of carbonyl (C=O) groups excluding carboxylic acids is 2. The highest BCUT2D eigenvalue weighted by Crippen LogP contribution is 2.28. The molecule has 2 aliphatic rings. The van der Waals surface area contributed by atoms with E-state index in [-0.39, 0.29) is 53.8 Å². The largest absolute Gasteiger partial charge is 0.356 e. The summed E-state index contributed by atoms with van der Waals surface area (Å²) in [6.45, 7) is 5.46. The van der Waals surface area contributed by atoms with E-state index < -0.39 is 0 Å². The standard InChI is InChI=1S/C24H37N5O2.HI/c1-17(2)27-23(31)19-9-6-10-20(16-19)28-24(25-3)26-14-7-12-22(30)29-15-13-18-8-4-5-11-21(18)29;/h4-5,8,11,17,19-20H,6-7,9-10,12-16H2,1-3H3,(H,27,31)(H2,25,26,28);1H. The van der Waals surface area contributed by atoms with Crippen LogP contribution >= 0.6 is 24.0 Å². The Bertz CT molecular complexity index is 798. The second-order valence-electron chi connectivity index (χ2n) is 8.89. The predicted molar refractivity (Wildman–Crippen MR) is 141 cm³/mol. The number of aliphatic imine (C=N–C) groups is 1. The van der Waals surface area contributed by atoms with Crippen molar-refractivity contribution in [3.63, 3.8) is 0 Å². The Morgan fingerprint density at radius 2 is 2.00 bits per heavy atom. The van der Waals surface area contributed by atoms with Crippen LogP contribution in [0.4, 0.5) is 5.69 Å². The van der Waals surface area contributed by atoms with E-state index in [1.807, 2.05) is 36.9 Å². The molecule has 3 N–H and O–H groups in total. The second kappa shape index (κ2) is 13.0. The van der Waals surface area contributed by atoms with Gasteiger partial charge in [-0.1, -0.05) is 24.6 Å². The van der Waals surface area contributed by atoms with Crippen LogP contribution in [0.5, 0.6) is 0 Å². The van der Waals surface area contributed by atoms with Gasteiger partial charge in [-0.05, 0) is 57.6 Å². The van der Waals surface area contributed by atoms with E-state index in [0.29, 0.717) is 13.0 Å². The van der Waals surface area contributed by atoms with Crippen LogP contribution in [0.1, 0.15) is 57.9 Å². The first-order valence-electron chi connectivity index (χ1n) is 11.6. The summed E-state index contributed by atoms with van der Waals surface area (Å²) < 4.78 is 0. The third-order valence-corrected chi connectivity index (χ3v) is 6.09. The molecule has 0 spiro atoms. The van der Waals surface area contributed by atoms with Crippen LogP contribution in [-0.4, -0.2) is 50.0 Å². The number of halogens is 1. The topological polar surface area (TPSA) is 85.8 Å². The number of guanidine groups is 1. The molecule has 8 heteroatoms. The molecular weight excluding hydrogens is 517 g/mol. The SMILES string of the molecule is CN=C(NCCCC(=O)N1CCc2ccccc21)NC1CCCC(C(=O)NC(C)C)C1.I. The first kappa shape index (κ1) is 26.4. The zero-order valence-corrected chi connectivity index (χ0v) is 21.9. The lowest BCUT2D eigenvalue weighted by atomic mass is 9.85. The van der Waals surface area contributed by atoms with Gasteiger partial charge in [0.2, 0.25) is 11.8 Å². The van der Waals surface area contributed by atoms with Crippen LogP contribution in [-0.2, 0) is 16.0 Å². The first-order valence-corrected chi connectivity index (χ1v) is 11.6. The van der Waals surface area contributed by atoms with Crippen molar-refractivity contribution in [3.8, 4) is 0 Å². The van der Waals surface area contributed by atoms with Gasteiger partial charge in [0.15, 0.2) is 5.96 Å². The molecule has 0 aromatic heterocycles. The summed E-state index contributed by atoms with van der Waals surface area (Å²) in [5.41, 5.74) is 2.32. The Labute approximate surface area is 209 Å². The summed E-state index contributed by atoms with van der Waals surface area (Å²) in [5, 5.41) is 9.82. The molecule has 1 saturated carbocycles. The van der Waals surface area contributed by atoms with Crippen LogP contribution in [0.3, 0.4) is 0 Å². The summed E-state index contributed by atoms with van der Waals surface area (Å²) in [4.78, 5) is 31.2. The van der Waals surface area contributed by atoms with Gasteiger partial charge >= 0.3 is 0 Å². The van der Waals surface area contributed by atoms with Gasteiger partial charge in [-0.2, -0.15) is 0 Å². The molecule has 178 valence electrons. The Morgan fingerprint density at radius 1 is 1.22 bits per heavy atom. The normalized spacial score (nSPS) is 20.4. The van der Waals surface area contributed by atoms with E-state index in [1.54, 1.807) is 7.05 Å². The van der Waals surface area contributed by atoms with Crippen molar-refractivity contribution < 1.29 is 9.59 Å². The van der Waals surface area contributed by atoms with Crippen molar-refractivity contribution in [2.24, 2.45) is 10.9 Å². The van der Waals surface area contributed by atoms with Crippen LogP contribution < -0.4 is 20.9 Å². The number of rotatable bonds is 7. The Kier molecular flexibility index (Phi) is 10.7. The van der Waals surface area contributed by atoms with Gasteiger partial charge < -0.3 is 20.9 Å². The lowest BCUT2D eigenvalue weighted by Gasteiger charge is -2.30. The van der Waals surface area contributed by atoms with E-state index in [1.165, 1.54) is 5.56 Å². The van der Waals surface area contributed by atoms with Crippen LogP contribution in [0.2, 0.25) is 0 Å². The van der Waals surface area contributed by atoms with Crippen molar-refractivity contribution in [1.29, 1.82) is 0 Å². The van der Waals surface area contributed by atoms with Crippen LogP contribution in [0.25, 0.3) is 0 Å². The predicted octanol–water partition coefficient (Wildman–Crippen LogP) is 3.22. The van der Waals surface area contributed by atoms with E-state index in [4.69, 9.17) is 0 Å². The fraction of sp³-hybridized carbons (Fsp3) is 0.625. The Hall–Kier alpha value is -1.84. The molecule has 0 radical (unpaired) electrons. The van der Waals surface area contributed by atoms with E-state index in [9.17, 15) is 9.59 Å². The maximum Gasteiger partial charge on any atom is 0.227 e. The van der Waals surface area contributed by atoms with Crippen molar-refractivity contribution in [2.45, 2.75) is 70.9 Å². The molecule has 1 aliphatic heterocycles. The summed E-state index contributed by atoms with van der Waals surface area (Å²) in [7, 11) is 1.76. The first-order chi connectivity index (χ1) is 15.0. The van der Waals surface area contributed by atoms with Crippen LogP contribution in [0.15, 0.2) is 29.3 Å². The number of nitrogens with zero attached hydrogens (tertiary/aromatic N) is 2. The monoisotopic (exact) mass is 555 g/mol. The van der Waals surface area contributed by atoms with E-state index >= 15 is 0 Å². The highest BCUT2D eigenvalue weighted by atomic mass is 127. The quantitative estimate of drug-likeness (QED) is 0.209. The zero-order valence-electron chi connectivity index (χ0n) is 19.5. The molecule has 2 amide bonds. The van der Waals surface area contributed by atoms with E-state index in [0.717, 1.165) is 56.7 Å². The number of fused-ring (bicyclic) bond motifs is 1. The summed E-state index contributed by atoms with van der Waals surface area (Å²) in [6, 6.07) is 8.56. The number of anilines is 1. The summed E-state index contributed by atoms with van der Waals surface area (Å²) >= 11 is 0. The third-order valence-electron chi connectivity index (χ3n) is 6.09. The van der Waals surface area contributed by atoms with Gasteiger partial charge in [-0.25, -0.2) is 0 Å². The molecule has 32 heavy (non-hydrogen) atoms. The highest BCUT2D eigenvalue weighted by molar-refractivity contribution is 14.0. The van der Waals surface area contributed by atoms with Gasteiger partial charge in [0.1, 0.15) is 0 Å². The molecule has 1 aromatic rings. The fourth-order valence-corrected chi connectivity index (χ4v) is 4.53. The maximum absolute atomic E-state index is 12.6. The van der Waals surface area contributed by atoms with Crippen molar-refractivity contribution in [2.75, 3.05) is 25.0 Å². The van der Waals surface area contributed by atoms with Gasteiger partial charge in [0.05, 0.1) is 0 Å². The lowest BCUT2D eigenvalue weighted by Crippen LogP contribution is -2.47. The number of amides is 2. The van der Waals surface area contributed by atoms with Crippen molar-refractivity contribution >= 4 is 47.4 Å². The number of hydrogen-bond donors (Lipinski definition) is 3. The molecule has 2 atom stereocenters. The molecule has 0 bridgehead atoms. The molecule has 0 saturated heterocycles. The Balaban J connectivity index is 0.00000363. The van der Waals surface area contributed by atoms with Gasteiger partial charge in [-0.3, -0.25) is 14.6 Å². The molecule has 1 heterocycles. The Morgan fingerprint density at radius 3 is 2.75 bits per heavy atom. The average Bonchev–Trinajstić information content (AvgIpc) is 3.19. The number of carbonyl (C=O) groups is 2. The molecular formula is C24H38IN5O2. The molecule has 1 aromatic carbocycles. The molecule has 3 rings (SSSR count). The molecule has 1 fully saturated rings. The van der Waals surface area contributed by atoms with Gasteiger partial charge in [-0.15, -0.1) is 24.0 Å². The van der Waals surface area contributed by atoms with Crippen LogP contribution in [0, 0.1) is 5.92 Å². The zero-order chi connectivity index (χ0) is 22.2. The van der Waals surface area contributed by atoms with Gasteiger partial charge in [0, 0.05) is 50.2 Å². The average molecular weight is 556 g/mol.